The van der Waals surface area contributed by atoms with Crippen molar-refractivity contribution in [2.24, 2.45) is 0 Å². The Morgan fingerprint density at radius 3 is 2.47 bits per heavy atom. The number of ketones is 1. The van der Waals surface area contributed by atoms with Crippen LogP contribution in [0.15, 0.2) is 48.1 Å². The number of hydrogen-bond donors (Lipinski definition) is 0. The van der Waals surface area contributed by atoms with Gasteiger partial charge in [0, 0.05) is 17.6 Å². The minimum absolute atomic E-state index is 0.186. The number of halogens is 2. The summed E-state index contributed by atoms with van der Waals surface area (Å²) in [5.74, 6) is -0.595. The molecular formula is C14H12F2O. The monoisotopic (exact) mass is 234 g/mol. The first kappa shape index (κ1) is 11.7. The number of carbonyl (C=O) groups is 1. The van der Waals surface area contributed by atoms with Crippen molar-refractivity contribution in [2.45, 2.75) is 19.0 Å². The normalized spacial score (nSPS) is 23.4. The maximum atomic E-state index is 13.5. The molecule has 0 aromatic heterocycles. The van der Waals surface area contributed by atoms with Gasteiger partial charge in [0.1, 0.15) is 11.5 Å². The van der Waals surface area contributed by atoms with E-state index in [2.05, 4.69) is 0 Å². The summed E-state index contributed by atoms with van der Waals surface area (Å²) in [4.78, 5) is 12.0. The Morgan fingerprint density at radius 1 is 1.29 bits per heavy atom. The fourth-order valence-corrected chi connectivity index (χ4v) is 1.65. The van der Waals surface area contributed by atoms with Gasteiger partial charge in [-0.15, -0.1) is 0 Å². The van der Waals surface area contributed by atoms with Gasteiger partial charge in [-0.25, -0.2) is 8.78 Å². The third-order valence-corrected chi connectivity index (χ3v) is 2.70. The van der Waals surface area contributed by atoms with Crippen LogP contribution in [0.2, 0.25) is 0 Å². The van der Waals surface area contributed by atoms with Crippen molar-refractivity contribution in [1.29, 1.82) is 0 Å². The third-order valence-electron chi connectivity index (χ3n) is 2.70. The zero-order valence-electron chi connectivity index (χ0n) is 9.41. The molecule has 0 N–H and O–H groups in total. The highest BCUT2D eigenvalue weighted by atomic mass is 19.1. The van der Waals surface area contributed by atoms with E-state index in [1.165, 1.54) is 43.3 Å². The predicted molar refractivity (Wildman–Crippen MR) is 62.1 cm³/mol. The van der Waals surface area contributed by atoms with Gasteiger partial charge in [0.25, 0.3) is 0 Å². The summed E-state index contributed by atoms with van der Waals surface area (Å²) in [7, 11) is 0. The molecule has 1 atom stereocenters. The molecular weight excluding hydrogens is 222 g/mol. The molecule has 1 unspecified atom stereocenters. The van der Waals surface area contributed by atoms with Crippen molar-refractivity contribution < 1.29 is 13.6 Å². The van der Waals surface area contributed by atoms with Crippen LogP contribution in [-0.2, 0) is 0 Å². The second-order valence-corrected chi connectivity index (χ2v) is 4.31. The van der Waals surface area contributed by atoms with Gasteiger partial charge in [0.15, 0.2) is 5.78 Å². The van der Waals surface area contributed by atoms with Gasteiger partial charge in [0.05, 0.1) is 0 Å². The Labute approximate surface area is 98.5 Å². The van der Waals surface area contributed by atoms with Crippen LogP contribution in [0.5, 0.6) is 0 Å². The number of allylic oxidation sites excluding steroid dienone is 4. The van der Waals surface area contributed by atoms with E-state index in [1.807, 2.05) is 0 Å². The van der Waals surface area contributed by atoms with Crippen molar-refractivity contribution >= 4 is 5.78 Å². The van der Waals surface area contributed by atoms with Gasteiger partial charge in [-0.3, -0.25) is 4.79 Å². The van der Waals surface area contributed by atoms with E-state index in [0.717, 1.165) is 0 Å². The molecule has 0 radical (unpaired) electrons. The molecule has 0 amide bonds. The maximum absolute atomic E-state index is 13.5. The second-order valence-electron chi connectivity index (χ2n) is 4.31. The summed E-state index contributed by atoms with van der Waals surface area (Å²) in [5, 5.41) is 0. The largest absolute Gasteiger partial charge is 0.289 e. The predicted octanol–water partition coefficient (Wildman–Crippen LogP) is 3.62. The molecule has 3 heteroatoms. The van der Waals surface area contributed by atoms with E-state index >= 15 is 0 Å². The molecule has 1 aliphatic carbocycles. The number of alkyl halides is 1. The van der Waals surface area contributed by atoms with Crippen LogP contribution < -0.4 is 0 Å². The lowest BCUT2D eigenvalue weighted by Crippen LogP contribution is -2.17. The SMILES string of the molecule is CC1(F)C=CC(C(=O)c2ccc(F)cc2)=CC1. The molecule has 0 heterocycles. The smallest absolute Gasteiger partial charge is 0.192 e. The Kier molecular flexibility index (Phi) is 2.92. The minimum Gasteiger partial charge on any atom is -0.289 e. The molecule has 1 aromatic carbocycles. The van der Waals surface area contributed by atoms with E-state index in [9.17, 15) is 13.6 Å². The van der Waals surface area contributed by atoms with E-state index in [0.29, 0.717) is 11.1 Å². The lowest BCUT2D eigenvalue weighted by atomic mass is 9.92. The molecule has 1 aliphatic rings. The molecule has 88 valence electrons. The first-order chi connectivity index (χ1) is 7.98. The minimum atomic E-state index is -1.38. The fourth-order valence-electron chi connectivity index (χ4n) is 1.65. The molecule has 17 heavy (non-hydrogen) atoms. The molecule has 1 aromatic rings. The molecule has 0 bridgehead atoms. The standard InChI is InChI=1S/C14H12F2O/c1-14(16)8-6-11(7-9-14)13(17)10-2-4-12(15)5-3-10/h2-8H,9H2,1H3. The lowest BCUT2D eigenvalue weighted by Gasteiger charge is -2.18. The Bertz CT molecular complexity index is 495. The van der Waals surface area contributed by atoms with Crippen LogP contribution in [0, 0.1) is 5.82 Å². The highest BCUT2D eigenvalue weighted by Crippen LogP contribution is 2.25. The van der Waals surface area contributed by atoms with Crippen LogP contribution in [0.25, 0.3) is 0 Å². The van der Waals surface area contributed by atoms with Gasteiger partial charge in [-0.2, -0.15) is 0 Å². The Hall–Kier alpha value is -1.77. The number of hydrogen-bond acceptors (Lipinski definition) is 1. The summed E-state index contributed by atoms with van der Waals surface area (Å²) in [6.07, 6.45) is 4.62. The second kappa shape index (κ2) is 4.24. The Morgan fingerprint density at radius 2 is 1.94 bits per heavy atom. The van der Waals surface area contributed by atoms with E-state index in [4.69, 9.17) is 0 Å². The number of rotatable bonds is 2. The first-order valence-electron chi connectivity index (χ1n) is 5.36. The van der Waals surface area contributed by atoms with Crippen molar-refractivity contribution in [3.8, 4) is 0 Å². The van der Waals surface area contributed by atoms with Gasteiger partial charge in [0.2, 0.25) is 0 Å². The van der Waals surface area contributed by atoms with Crippen LogP contribution in [0.4, 0.5) is 8.78 Å². The highest BCUT2D eigenvalue weighted by molar-refractivity contribution is 6.10. The van der Waals surface area contributed by atoms with E-state index in [1.54, 1.807) is 6.08 Å². The molecule has 0 saturated heterocycles. The molecule has 0 aliphatic heterocycles. The average Bonchev–Trinajstić information content (AvgIpc) is 2.29. The zero-order chi connectivity index (χ0) is 12.5. The van der Waals surface area contributed by atoms with Crippen LogP contribution in [-0.4, -0.2) is 11.5 Å². The topological polar surface area (TPSA) is 17.1 Å². The van der Waals surface area contributed by atoms with Gasteiger partial charge in [-0.05, 0) is 37.3 Å². The average molecular weight is 234 g/mol. The van der Waals surface area contributed by atoms with Gasteiger partial charge >= 0.3 is 0 Å². The van der Waals surface area contributed by atoms with E-state index < -0.39 is 5.67 Å². The summed E-state index contributed by atoms with van der Waals surface area (Å²) >= 11 is 0. The Balaban J connectivity index is 2.20. The van der Waals surface area contributed by atoms with Crippen molar-refractivity contribution in [3.63, 3.8) is 0 Å². The molecule has 2 rings (SSSR count). The highest BCUT2D eigenvalue weighted by Gasteiger charge is 2.23. The third kappa shape index (κ3) is 2.67. The van der Waals surface area contributed by atoms with Crippen LogP contribution >= 0.6 is 0 Å². The number of Topliss-reactive ketones (excluding diaryl/α,β-unsaturated/α-hetero) is 1. The summed E-state index contributed by atoms with van der Waals surface area (Å²) in [5.41, 5.74) is -0.524. The fraction of sp³-hybridized carbons (Fsp3) is 0.214. The van der Waals surface area contributed by atoms with Crippen molar-refractivity contribution in [2.75, 3.05) is 0 Å². The summed E-state index contributed by atoms with van der Waals surface area (Å²) in [6, 6.07) is 5.32. The first-order valence-corrected chi connectivity index (χ1v) is 5.36. The maximum Gasteiger partial charge on any atom is 0.192 e. The summed E-state index contributed by atoms with van der Waals surface area (Å²) in [6.45, 7) is 1.46. The lowest BCUT2D eigenvalue weighted by molar-refractivity contribution is 0.103. The van der Waals surface area contributed by atoms with Gasteiger partial charge in [-0.1, -0.05) is 12.2 Å². The van der Waals surface area contributed by atoms with Crippen LogP contribution in [0.3, 0.4) is 0 Å². The number of carbonyl (C=O) groups excluding carboxylic acids is 1. The quantitative estimate of drug-likeness (QED) is 0.714. The molecule has 1 nitrogen and oxygen atoms in total. The van der Waals surface area contributed by atoms with Crippen LogP contribution in [0.1, 0.15) is 23.7 Å². The molecule has 0 spiro atoms. The van der Waals surface area contributed by atoms with E-state index in [-0.39, 0.29) is 18.0 Å². The van der Waals surface area contributed by atoms with Crippen molar-refractivity contribution in [1.82, 2.24) is 0 Å². The van der Waals surface area contributed by atoms with Gasteiger partial charge < -0.3 is 0 Å². The molecule has 0 fully saturated rings. The zero-order valence-corrected chi connectivity index (χ0v) is 9.41. The summed E-state index contributed by atoms with van der Waals surface area (Å²) < 4.78 is 26.2. The van der Waals surface area contributed by atoms with Crippen molar-refractivity contribution in [3.05, 3.63) is 59.4 Å². The molecule has 0 saturated carbocycles. The number of benzene rings is 1.